The third kappa shape index (κ3) is 3.19. The van der Waals surface area contributed by atoms with Gasteiger partial charge in [-0.1, -0.05) is 23.6 Å². The Hall–Kier alpha value is -1.84. The molecule has 134 valence electrons. The topological polar surface area (TPSA) is 49.4 Å². The summed E-state index contributed by atoms with van der Waals surface area (Å²) in [6.07, 6.45) is 5.81. The fourth-order valence-electron chi connectivity index (χ4n) is 4.59. The van der Waals surface area contributed by atoms with Crippen LogP contribution in [0.25, 0.3) is 0 Å². The molecule has 2 amide bonds. The van der Waals surface area contributed by atoms with E-state index < -0.39 is 0 Å². The van der Waals surface area contributed by atoms with Crippen molar-refractivity contribution in [2.45, 2.75) is 46.0 Å². The van der Waals surface area contributed by atoms with E-state index in [-0.39, 0.29) is 23.1 Å². The summed E-state index contributed by atoms with van der Waals surface area (Å²) in [6, 6.07) is 6.01. The van der Waals surface area contributed by atoms with Gasteiger partial charge >= 0.3 is 0 Å². The lowest BCUT2D eigenvalue weighted by Gasteiger charge is -2.41. The fraction of sp³-hybridized carbons (Fsp3) is 0.619. The molecule has 1 atom stereocenters. The van der Waals surface area contributed by atoms with Crippen LogP contribution in [-0.2, 0) is 4.79 Å². The summed E-state index contributed by atoms with van der Waals surface area (Å²) >= 11 is 0. The van der Waals surface area contributed by atoms with Crippen molar-refractivity contribution >= 4 is 11.8 Å². The number of carbonyl (C=O) groups is 2. The van der Waals surface area contributed by atoms with Crippen LogP contribution in [0.4, 0.5) is 0 Å². The van der Waals surface area contributed by atoms with Gasteiger partial charge in [0, 0.05) is 30.6 Å². The van der Waals surface area contributed by atoms with Gasteiger partial charge in [-0.25, -0.2) is 0 Å². The number of nitrogens with zero attached hydrogens (tertiary/aromatic N) is 1. The second-order valence-corrected chi connectivity index (χ2v) is 8.52. The van der Waals surface area contributed by atoms with Crippen molar-refractivity contribution in [3.05, 3.63) is 34.9 Å². The van der Waals surface area contributed by atoms with Crippen molar-refractivity contribution in [3.63, 3.8) is 0 Å². The van der Waals surface area contributed by atoms with E-state index in [1.165, 1.54) is 19.3 Å². The van der Waals surface area contributed by atoms with Crippen molar-refractivity contribution in [3.8, 4) is 0 Å². The zero-order valence-corrected chi connectivity index (χ0v) is 15.3. The predicted molar refractivity (Wildman–Crippen MR) is 97.3 cm³/mol. The highest BCUT2D eigenvalue weighted by Gasteiger charge is 2.54. The summed E-state index contributed by atoms with van der Waals surface area (Å²) in [6.45, 7) is 6.17. The highest BCUT2D eigenvalue weighted by atomic mass is 16.2. The second kappa shape index (κ2) is 6.15. The maximum atomic E-state index is 13.0. The van der Waals surface area contributed by atoms with Gasteiger partial charge in [0.1, 0.15) is 0 Å². The molecule has 3 aliphatic rings. The van der Waals surface area contributed by atoms with Crippen molar-refractivity contribution in [1.29, 1.82) is 0 Å². The van der Waals surface area contributed by atoms with Crippen molar-refractivity contribution in [2.75, 3.05) is 19.6 Å². The fourth-order valence-corrected chi connectivity index (χ4v) is 4.59. The first-order valence-electron chi connectivity index (χ1n) is 9.62. The van der Waals surface area contributed by atoms with Gasteiger partial charge in [-0.2, -0.15) is 0 Å². The third-order valence-electron chi connectivity index (χ3n) is 6.33. The Bertz CT molecular complexity index is 684. The molecule has 25 heavy (non-hydrogen) atoms. The molecule has 2 aliphatic carbocycles. The molecule has 1 aromatic rings. The third-order valence-corrected chi connectivity index (χ3v) is 6.33. The number of rotatable bonds is 4. The van der Waals surface area contributed by atoms with E-state index in [0.717, 1.165) is 42.6 Å². The zero-order chi connectivity index (χ0) is 17.6. The lowest BCUT2D eigenvalue weighted by molar-refractivity contribution is -0.129. The van der Waals surface area contributed by atoms with E-state index >= 15 is 0 Å². The monoisotopic (exact) mass is 340 g/mol. The predicted octanol–water partition coefficient (Wildman–Crippen LogP) is 3.07. The van der Waals surface area contributed by atoms with Crippen LogP contribution in [-0.4, -0.2) is 36.3 Å². The van der Waals surface area contributed by atoms with Gasteiger partial charge in [-0.15, -0.1) is 0 Å². The van der Waals surface area contributed by atoms with Crippen molar-refractivity contribution in [1.82, 2.24) is 10.2 Å². The van der Waals surface area contributed by atoms with Crippen molar-refractivity contribution in [2.24, 2.45) is 17.3 Å². The molecule has 1 heterocycles. The molecule has 1 saturated heterocycles. The van der Waals surface area contributed by atoms with Crippen LogP contribution in [0.3, 0.4) is 0 Å². The van der Waals surface area contributed by atoms with Gasteiger partial charge in [0.25, 0.3) is 5.91 Å². The molecule has 0 aromatic heterocycles. The van der Waals surface area contributed by atoms with Gasteiger partial charge in [0.2, 0.25) is 5.91 Å². The molecule has 1 spiro atoms. The minimum atomic E-state index is -0.0325. The Labute approximate surface area is 150 Å². The summed E-state index contributed by atoms with van der Waals surface area (Å²) in [5.41, 5.74) is 3.01. The average Bonchev–Trinajstić information content (AvgIpc) is 3.26. The first kappa shape index (κ1) is 16.6. The Balaban J connectivity index is 1.49. The Morgan fingerprint density at radius 3 is 2.40 bits per heavy atom. The Morgan fingerprint density at radius 1 is 1.16 bits per heavy atom. The van der Waals surface area contributed by atoms with Gasteiger partial charge in [0.15, 0.2) is 0 Å². The van der Waals surface area contributed by atoms with Crippen LogP contribution in [0.15, 0.2) is 18.2 Å². The minimum absolute atomic E-state index is 0.0299. The summed E-state index contributed by atoms with van der Waals surface area (Å²) in [5, 5.41) is 3.15. The van der Waals surface area contributed by atoms with Crippen LogP contribution >= 0.6 is 0 Å². The van der Waals surface area contributed by atoms with Crippen LogP contribution < -0.4 is 5.32 Å². The normalized spacial score (nSPS) is 24.2. The van der Waals surface area contributed by atoms with E-state index in [1.807, 2.05) is 30.9 Å². The smallest absolute Gasteiger partial charge is 0.253 e. The Morgan fingerprint density at radius 2 is 1.84 bits per heavy atom. The molecular formula is C21H28N2O2. The molecule has 4 rings (SSSR count). The first-order chi connectivity index (χ1) is 12.0. The molecule has 1 N–H and O–H groups in total. The Kier molecular flexibility index (Phi) is 4.09. The molecular weight excluding hydrogens is 312 g/mol. The largest absolute Gasteiger partial charge is 0.356 e. The lowest BCUT2D eigenvalue weighted by atomic mass is 9.62. The molecule has 0 radical (unpaired) electrons. The summed E-state index contributed by atoms with van der Waals surface area (Å²) in [5.74, 6) is 0.906. The van der Waals surface area contributed by atoms with E-state index in [0.29, 0.717) is 12.5 Å². The first-order valence-corrected chi connectivity index (χ1v) is 9.62. The molecule has 1 aromatic carbocycles. The molecule has 4 nitrogen and oxygen atoms in total. The van der Waals surface area contributed by atoms with E-state index in [9.17, 15) is 9.59 Å². The number of aryl methyl sites for hydroxylation is 2. The lowest BCUT2D eigenvalue weighted by Crippen LogP contribution is -2.45. The van der Waals surface area contributed by atoms with Gasteiger partial charge in [-0.05, 0) is 57.6 Å². The molecule has 2 saturated carbocycles. The highest BCUT2D eigenvalue weighted by Crippen LogP contribution is 2.52. The number of nitrogens with one attached hydrogen (secondary N) is 1. The van der Waals surface area contributed by atoms with E-state index in [1.54, 1.807) is 0 Å². The molecule has 1 unspecified atom stereocenters. The summed E-state index contributed by atoms with van der Waals surface area (Å²) < 4.78 is 0. The van der Waals surface area contributed by atoms with E-state index in [2.05, 4.69) is 11.4 Å². The quantitative estimate of drug-likeness (QED) is 0.916. The molecule has 1 aliphatic heterocycles. The maximum Gasteiger partial charge on any atom is 0.253 e. The maximum absolute atomic E-state index is 13.0. The summed E-state index contributed by atoms with van der Waals surface area (Å²) in [7, 11) is 0. The van der Waals surface area contributed by atoms with Crippen molar-refractivity contribution < 1.29 is 9.59 Å². The van der Waals surface area contributed by atoms with Crippen LogP contribution in [0, 0.1) is 31.1 Å². The van der Waals surface area contributed by atoms with E-state index in [4.69, 9.17) is 0 Å². The number of hydrogen-bond donors (Lipinski definition) is 1. The van der Waals surface area contributed by atoms with Crippen LogP contribution in [0.1, 0.15) is 53.6 Å². The second-order valence-electron chi connectivity index (χ2n) is 8.52. The SMILES string of the molecule is Cc1cc(C)cc(C(=O)N2CC(C(=O)NCC3CC3)C3(CCC3)C2)c1. The standard InChI is InChI=1S/C21H28N2O2/c1-14-8-15(2)10-17(9-14)20(25)23-12-18(21(13-23)6-3-7-21)19(24)22-11-16-4-5-16/h8-10,16,18H,3-7,11-13H2,1-2H3,(H,22,24). The van der Waals surface area contributed by atoms with Crippen LogP contribution in [0.5, 0.6) is 0 Å². The number of hydrogen-bond acceptors (Lipinski definition) is 2. The number of benzene rings is 1. The van der Waals surface area contributed by atoms with Gasteiger partial charge < -0.3 is 10.2 Å². The number of amides is 2. The molecule has 3 fully saturated rings. The molecule has 4 heteroatoms. The van der Waals surface area contributed by atoms with Gasteiger partial charge in [-0.3, -0.25) is 9.59 Å². The number of likely N-dealkylation sites (tertiary alicyclic amines) is 1. The van der Waals surface area contributed by atoms with Gasteiger partial charge in [0.05, 0.1) is 5.92 Å². The zero-order valence-electron chi connectivity index (χ0n) is 15.3. The summed E-state index contributed by atoms with van der Waals surface area (Å²) in [4.78, 5) is 27.7. The minimum Gasteiger partial charge on any atom is -0.356 e. The average molecular weight is 340 g/mol. The molecule has 0 bridgehead atoms. The number of carbonyl (C=O) groups excluding carboxylic acids is 2. The van der Waals surface area contributed by atoms with Crippen LogP contribution in [0.2, 0.25) is 0 Å². The highest BCUT2D eigenvalue weighted by molar-refractivity contribution is 5.95.